The van der Waals surface area contributed by atoms with Gasteiger partial charge in [-0.15, -0.1) is 0 Å². The molecule has 0 bridgehead atoms. The fraction of sp³-hybridized carbons (Fsp3) is 0.500. The van der Waals surface area contributed by atoms with E-state index in [0.29, 0.717) is 17.5 Å². The smallest absolute Gasteiger partial charge is 0.269 e. The molecule has 0 spiro atoms. The van der Waals surface area contributed by atoms with Gasteiger partial charge in [0, 0.05) is 30.2 Å². The van der Waals surface area contributed by atoms with Gasteiger partial charge in [-0.05, 0) is 25.3 Å². The van der Waals surface area contributed by atoms with E-state index in [1.165, 1.54) is 0 Å². The van der Waals surface area contributed by atoms with Gasteiger partial charge in [0.1, 0.15) is 5.69 Å². The topological polar surface area (TPSA) is 54.0 Å². The second-order valence-electron chi connectivity index (χ2n) is 3.72. The molecule has 0 aliphatic rings. The summed E-state index contributed by atoms with van der Waals surface area (Å²) in [5.74, 6) is -0.120. The molecule has 0 saturated heterocycles. The molecule has 1 heterocycles. The van der Waals surface area contributed by atoms with Crippen LogP contribution < -0.4 is 10.6 Å². The van der Waals surface area contributed by atoms with E-state index < -0.39 is 0 Å². The van der Waals surface area contributed by atoms with E-state index in [0.717, 1.165) is 12.2 Å². The quantitative estimate of drug-likeness (QED) is 0.814. The van der Waals surface area contributed by atoms with Crippen LogP contribution in [0.25, 0.3) is 0 Å². The molecule has 4 nitrogen and oxygen atoms in total. The molecule has 0 aliphatic carbocycles. The number of hydrogen-bond acceptors (Lipinski definition) is 4. The highest BCUT2D eigenvalue weighted by Gasteiger charge is 2.08. The van der Waals surface area contributed by atoms with Gasteiger partial charge >= 0.3 is 0 Å². The minimum absolute atomic E-state index is 0.120. The summed E-state index contributed by atoms with van der Waals surface area (Å²) in [6.07, 6.45) is 3.67. The second kappa shape index (κ2) is 7.17. The fourth-order valence-electron chi connectivity index (χ4n) is 1.28. The Hall–Kier alpha value is -1.23. The van der Waals surface area contributed by atoms with Crippen LogP contribution in [0.5, 0.6) is 0 Å². The number of nitrogens with zero attached hydrogens (tertiary/aromatic N) is 1. The molecule has 1 aromatic rings. The molecular formula is C12H19N3OS. The van der Waals surface area contributed by atoms with E-state index in [-0.39, 0.29) is 5.91 Å². The average molecular weight is 253 g/mol. The molecular weight excluding hydrogens is 234 g/mol. The Labute approximate surface area is 107 Å². The molecule has 17 heavy (non-hydrogen) atoms. The van der Waals surface area contributed by atoms with Gasteiger partial charge < -0.3 is 10.6 Å². The van der Waals surface area contributed by atoms with Crippen molar-refractivity contribution in [3.8, 4) is 0 Å². The Morgan fingerprint density at radius 2 is 2.35 bits per heavy atom. The molecule has 1 rings (SSSR count). The first-order valence-electron chi connectivity index (χ1n) is 5.68. The van der Waals surface area contributed by atoms with Crippen LogP contribution in [0, 0.1) is 0 Å². The molecule has 1 aromatic heterocycles. The standard InChI is InChI=1S/C12H19N3OS/c1-4-13-10-5-6-14-11(7-10)12(16)15-8-9(2)17-3/h5-7,9H,4,8H2,1-3H3,(H,13,14)(H,15,16). The monoisotopic (exact) mass is 253 g/mol. The van der Waals surface area contributed by atoms with Crippen molar-refractivity contribution in [1.29, 1.82) is 0 Å². The first-order valence-corrected chi connectivity index (χ1v) is 6.97. The molecule has 1 atom stereocenters. The first kappa shape index (κ1) is 13.8. The third kappa shape index (κ3) is 4.65. The SMILES string of the molecule is CCNc1ccnc(C(=O)NCC(C)SC)c1. The van der Waals surface area contributed by atoms with Gasteiger partial charge in [0.2, 0.25) is 0 Å². The molecule has 0 fully saturated rings. The van der Waals surface area contributed by atoms with Gasteiger partial charge in [-0.25, -0.2) is 0 Å². The molecule has 0 aromatic carbocycles. The molecule has 1 amide bonds. The van der Waals surface area contributed by atoms with Gasteiger partial charge in [-0.1, -0.05) is 6.92 Å². The lowest BCUT2D eigenvalue weighted by Gasteiger charge is -2.10. The van der Waals surface area contributed by atoms with Crippen LogP contribution >= 0.6 is 11.8 Å². The summed E-state index contributed by atoms with van der Waals surface area (Å²) in [6.45, 7) is 5.58. The van der Waals surface area contributed by atoms with Crippen molar-refractivity contribution in [2.75, 3.05) is 24.7 Å². The lowest BCUT2D eigenvalue weighted by atomic mass is 10.3. The predicted molar refractivity (Wildman–Crippen MR) is 73.7 cm³/mol. The third-order valence-electron chi connectivity index (χ3n) is 2.33. The van der Waals surface area contributed by atoms with Crippen molar-refractivity contribution in [2.24, 2.45) is 0 Å². The largest absolute Gasteiger partial charge is 0.385 e. The summed E-state index contributed by atoms with van der Waals surface area (Å²) >= 11 is 1.73. The molecule has 0 saturated carbocycles. The van der Waals surface area contributed by atoms with E-state index in [2.05, 4.69) is 22.5 Å². The molecule has 94 valence electrons. The van der Waals surface area contributed by atoms with Crippen molar-refractivity contribution in [3.63, 3.8) is 0 Å². The van der Waals surface area contributed by atoms with Crippen LogP contribution in [0.4, 0.5) is 5.69 Å². The Morgan fingerprint density at radius 3 is 3.00 bits per heavy atom. The lowest BCUT2D eigenvalue weighted by molar-refractivity contribution is 0.0949. The van der Waals surface area contributed by atoms with Crippen LogP contribution in [-0.4, -0.2) is 35.5 Å². The van der Waals surface area contributed by atoms with Crippen molar-refractivity contribution in [3.05, 3.63) is 24.0 Å². The van der Waals surface area contributed by atoms with Gasteiger partial charge in [0.05, 0.1) is 0 Å². The molecule has 5 heteroatoms. The van der Waals surface area contributed by atoms with Crippen LogP contribution in [0.3, 0.4) is 0 Å². The normalized spacial score (nSPS) is 11.9. The van der Waals surface area contributed by atoms with Crippen LogP contribution in [0.1, 0.15) is 24.3 Å². The van der Waals surface area contributed by atoms with Gasteiger partial charge in [0.25, 0.3) is 5.91 Å². The number of pyridine rings is 1. The summed E-state index contributed by atoms with van der Waals surface area (Å²) in [6, 6.07) is 3.62. The number of rotatable bonds is 6. The maximum absolute atomic E-state index is 11.8. The zero-order valence-electron chi connectivity index (χ0n) is 10.5. The average Bonchev–Trinajstić information content (AvgIpc) is 2.36. The minimum Gasteiger partial charge on any atom is -0.385 e. The Kier molecular flexibility index (Phi) is 5.83. The van der Waals surface area contributed by atoms with Crippen molar-refractivity contribution >= 4 is 23.4 Å². The number of thioether (sulfide) groups is 1. The maximum atomic E-state index is 11.8. The highest BCUT2D eigenvalue weighted by atomic mass is 32.2. The number of nitrogens with one attached hydrogen (secondary N) is 2. The van der Waals surface area contributed by atoms with E-state index in [9.17, 15) is 4.79 Å². The predicted octanol–water partition coefficient (Wildman–Crippen LogP) is 1.99. The summed E-state index contributed by atoms with van der Waals surface area (Å²) < 4.78 is 0. The molecule has 1 unspecified atom stereocenters. The molecule has 2 N–H and O–H groups in total. The van der Waals surface area contributed by atoms with Gasteiger partial charge in [0.15, 0.2) is 0 Å². The Bertz CT molecular complexity index is 371. The van der Waals surface area contributed by atoms with Crippen molar-refractivity contribution in [2.45, 2.75) is 19.1 Å². The Morgan fingerprint density at radius 1 is 1.59 bits per heavy atom. The van der Waals surface area contributed by atoms with Crippen LogP contribution in [-0.2, 0) is 0 Å². The van der Waals surface area contributed by atoms with E-state index in [1.807, 2.05) is 19.2 Å². The number of aromatic nitrogens is 1. The maximum Gasteiger partial charge on any atom is 0.269 e. The van der Waals surface area contributed by atoms with Gasteiger partial charge in [-0.3, -0.25) is 9.78 Å². The van der Waals surface area contributed by atoms with E-state index >= 15 is 0 Å². The van der Waals surface area contributed by atoms with E-state index in [4.69, 9.17) is 0 Å². The second-order valence-corrected chi connectivity index (χ2v) is 4.99. The number of hydrogen-bond donors (Lipinski definition) is 2. The first-order chi connectivity index (χ1) is 8.17. The molecule has 0 radical (unpaired) electrons. The van der Waals surface area contributed by atoms with Crippen LogP contribution in [0.15, 0.2) is 18.3 Å². The van der Waals surface area contributed by atoms with Crippen molar-refractivity contribution in [1.82, 2.24) is 10.3 Å². The summed E-state index contributed by atoms with van der Waals surface area (Å²) in [5.41, 5.74) is 1.38. The number of amides is 1. The zero-order valence-corrected chi connectivity index (χ0v) is 11.3. The van der Waals surface area contributed by atoms with E-state index in [1.54, 1.807) is 24.0 Å². The molecule has 0 aliphatic heterocycles. The fourth-order valence-corrected chi connectivity index (χ4v) is 1.53. The highest BCUT2D eigenvalue weighted by molar-refractivity contribution is 7.99. The van der Waals surface area contributed by atoms with Gasteiger partial charge in [-0.2, -0.15) is 11.8 Å². The highest BCUT2D eigenvalue weighted by Crippen LogP contribution is 2.08. The summed E-state index contributed by atoms with van der Waals surface area (Å²) in [4.78, 5) is 15.9. The summed E-state index contributed by atoms with van der Waals surface area (Å²) in [5, 5.41) is 6.44. The number of carbonyl (C=O) groups is 1. The zero-order chi connectivity index (χ0) is 12.7. The lowest BCUT2D eigenvalue weighted by Crippen LogP contribution is -2.30. The van der Waals surface area contributed by atoms with Crippen molar-refractivity contribution < 1.29 is 4.79 Å². The Balaban J connectivity index is 2.59. The van der Waals surface area contributed by atoms with Crippen LogP contribution in [0.2, 0.25) is 0 Å². The minimum atomic E-state index is -0.120. The summed E-state index contributed by atoms with van der Waals surface area (Å²) in [7, 11) is 0. The number of anilines is 1. The number of carbonyl (C=O) groups excluding carboxylic acids is 1. The third-order valence-corrected chi connectivity index (χ3v) is 3.30.